The Bertz CT molecular complexity index is 668. The zero-order chi connectivity index (χ0) is 14.3. The van der Waals surface area contributed by atoms with Crippen LogP contribution in [0.1, 0.15) is 30.1 Å². The first-order valence-corrected chi connectivity index (χ1v) is 6.96. The number of hydrogen-bond acceptors (Lipinski definition) is 4. The minimum atomic E-state index is 0.464. The maximum absolute atomic E-state index is 6.06. The van der Waals surface area contributed by atoms with E-state index in [9.17, 15) is 0 Å². The van der Waals surface area contributed by atoms with Crippen LogP contribution in [-0.4, -0.2) is 17.1 Å². The molecule has 1 aromatic carbocycles. The Morgan fingerprint density at radius 2 is 2.05 bits per heavy atom. The molecule has 2 N–H and O–H groups in total. The summed E-state index contributed by atoms with van der Waals surface area (Å²) in [5, 5.41) is 0.582. The second-order valence-electron chi connectivity index (χ2n) is 5.06. The predicted octanol–water partition coefficient (Wildman–Crippen LogP) is 3.57. The SMILES string of the molecule is COc1cc(-c2nc(C3CC3)nc(N)c2C)ccc1Cl. The van der Waals surface area contributed by atoms with Crippen molar-refractivity contribution in [3.05, 3.63) is 34.6 Å². The summed E-state index contributed by atoms with van der Waals surface area (Å²) < 4.78 is 5.26. The van der Waals surface area contributed by atoms with Crippen LogP contribution in [0, 0.1) is 6.92 Å². The van der Waals surface area contributed by atoms with Gasteiger partial charge >= 0.3 is 0 Å². The standard InChI is InChI=1S/C15H16ClN3O/c1-8-13(10-5-6-11(16)12(7-10)20-2)18-15(9-3-4-9)19-14(8)17/h5-7,9H,3-4H2,1-2H3,(H2,17,18,19). The van der Waals surface area contributed by atoms with Gasteiger partial charge in [-0.1, -0.05) is 17.7 Å². The van der Waals surface area contributed by atoms with Crippen molar-refractivity contribution in [2.45, 2.75) is 25.7 Å². The van der Waals surface area contributed by atoms with Gasteiger partial charge in [0, 0.05) is 17.0 Å². The van der Waals surface area contributed by atoms with Crippen molar-refractivity contribution in [3.63, 3.8) is 0 Å². The van der Waals surface area contributed by atoms with Gasteiger partial charge < -0.3 is 10.5 Å². The first-order chi connectivity index (χ1) is 9.60. The van der Waals surface area contributed by atoms with E-state index in [-0.39, 0.29) is 0 Å². The molecule has 4 nitrogen and oxygen atoms in total. The van der Waals surface area contributed by atoms with E-state index in [2.05, 4.69) is 9.97 Å². The molecular formula is C15H16ClN3O. The van der Waals surface area contributed by atoms with E-state index in [0.717, 1.165) is 35.5 Å². The quantitative estimate of drug-likeness (QED) is 0.938. The van der Waals surface area contributed by atoms with E-state index in [4.69, 9.17) is 22.1 Å². The van der Waals surface area contributed by atoms with Gasteiger partial charge in [0.2, 0.25) is 0 Å². The van der Waals surface area contributed by atoms with Crippen molar-refractivity contribution < 1.29 is 4.74 Å². The molecule has 0 radical (unpaired) electrons. The summed E-state index contributed by atoms with van der Waals surface area (Å²) in [5.74, 6) is 2.49. The van der Waals surface area contributed by atoms with Gasteiger partial charge in [-0.25, -0.2) is 9.97 Å². The highest BCUT2D eigenvalue weighted by atomic mass is 35.5. The van der Waals surface area contributed by atoms with Gasteiger partial charge in [0.1, 0.15) is 17.4 Å². The molecule has 3 rings (SSSR count). The second kappa shape index (κ2) is 4.94. The topological polar surface area (TPSA) is 61.0 Å². The molecule has 20 heavy (non-hydrogen) atoms. The zero-order valence-electron chi connectivity index (χ0n) is 11.5. The van der Waals surface area contributed by atoms with Crippen molar-refractivity contribution >= 4 is 17.4 Å². The summed E-state index contributed by atoms with van der Waals surface area (Å²) >= 11 is 6.06. The number of hydrogen-bond donors (Lipinski definition) is 1. The summed E-state index contributed by atoms with van der Waals surface area (Å²) in [6, 6.07) is 5.62. The number of ether oxygens (including phenoxy) is 1. The molecule has 0 amide bonds. The maximum atomic E-state index is 6.06. The lowest BCUT2D eigenvalue weighted by molar-refractivity contribution is 0.415. The number of rotatable bonds is 3. The third-order valence-electron chi connectivity index (χ3n) is 3.57. The average Bonchev–Trinajstić information content (AvgIpc) is 3.27. The molecule has 2 aromatic rings. The number of nitrogens with two attached hydrogens (primary N) is 1. The number of anilines is 1. The van der Waals surface area contributed by atoms with Gasteiger partial charge in [-0.05, 0) is 31.9 Å². The number of nitrogens with zero attached hydrogens (tertiary/aromatic N) is 2. The molecule has 0 unspecified atom stereocenters. The van der Waals surface area contributed by atoms with Crippen LogP contribution < -0.4 is 10.5 Å². The highest BCUT2D eigenvalue weighted by Gasteiger charge is 2.28. The molecule has 0 spiro atoms. The minimum absolute atomic E-state index is 0.464. The van der Waals surface area contributed by atoms with E-state index < -0.39 is 0 Å². The third-order valence-corrected chi connectivity index (χ3v) is 3.88. The van der Waals surface area contributed by atoms with Gasteiger partial charge in [0.15, 0.2) is 0 Å². The van der Waals surface area contributed by atoms with Crippen molar-refractivity contribution in [2.24, 2.45) is 0 Å². The van der Waals surface area contributed by atoms with Crippen LogP contribution in [0.2, 0.25) is 5.02 Å². The van der Waals surface area contributed by atoms with Crippen molar-refractivity contribution in [3.8, 4) is 17.0 Å². The van der Waals surface area contributed by atoms with Crippen molar-refractivity contribution in [1.29, 1.82) is 0 Å². The molecule has 1 aliphatic rings. The smallest absolute Gasteiger partial charge is 0.138 e. The van der Waals surface area contributed by atoms with Crippen molar-refractivity contribution in [1.82, 2.24) is 9.97 Å². The fourth-order valence-electron chi connectivity index (χ4n) is 2.16. The fraction of sp³-hybridized carbons (Fsp3) is 0.333. The van der Waals surface area contributed by atoms with Crippen LogP contribution in [0.15, 0.2) is 18.2 Å². The van der Waals surface area contributed by atoms with Crippen LogP contribution in [-0.2, 0) is 0 Å². The average molecular weight is 290 g/mol. The normalized spacial score (nSPS) is 14.3. The van der Waals surface area contributed by atoms with Gasteiger partial charge in [0.25, 0.3) is 0 Å². The lowest BCUT2D eigenvalue weighted by Crippen LogP contribution is -2.04. The monoisotopic (exact) mass is 289 g/mol. The van der Waals surface area contributed by atoms with E-state index in [1.807, 2.05) is 25.1 Å². The Kier molecular flexibility index (Phi) is 3.26. The molecule has 5 heteroatoms. The second-order valence-corrected chi connectivity index (χ2v) is 5.47. The predicted molar refractivity (Wildman–Crippen MR) is 80.2 cm³/mol. The Balaban J connectivity index is 2.13. The molecule has 104 valence electrons. The van der Waals surface area contributed by atoms with Gasteiger partial charge in [0.05, 0.1) is 17.8 Å². The van der Waals surface area contributed by atoms with Gasteiger partial charge in [-0.3, -0.25) is 0 Å². The highest BCUT2D eigenvalue weighted by Crippen LogP contribution is 2.40. The molecule has 1 saturated carbocycles. The van der Waals surface area contributed by atoms with Gasteiger partial charge in [-0.15, -0.1) is 0 Å². The first kappa shape index (κ1) is 13.2. The maximum Gasteiger partial charge on any atom is 0.138 e. The molecule has 0 atom stereocenters. The molecule has 1 fully saturated rings. The molecule has 0 saturated heterocycles. The first-order valence-electron chi connectivity index (χ1n) is 6.58. The van der Waals surface area contributed by atoms with Crippen molar-refractivity contribution in [2.75, 3.05) is 12.8 Å². The summed E-state index contributed by atoms with van der Waals surface area (Å²) in [4.78, 5) is 9.07. The lowest BCUT2D eigenvalue weighted by atomic mass is 10.1. The van der Waals surface area contributed by atoms with Crippen LogP contribution in [0.4, 0.5) is 5.82 Å². The van der Waals surface area contributed by atoms with E-state index >= 15 is 0 Å². The highest BCUT2D eigenvalue weighted by molar-refractivity contribution is 6.32. The zero-order valence-corrected chi connectivity index (χ0v) is 12.2. The van der Waals surface area contributed by atoms with Crippen LogP contribution >= 0.6 is 11.6 Å². The Morgan fingerprint density at radius 1 is 1.30 bits per heavy atom. The molecule has 0 bridgehead atoms. The Hall–Kier alpha value is -1.81. The third kappa shape index (κ3) is 2.31. The summed E-state index contributed by atoms with van der Waals surface area (Å²) in [6.07, 6.45) is 2.29. The lowest BCUT2D eigenvalue weighted by Gasteiger charge is -2.11. The number of benzene rings is 1. The number of aromatic nitrogens is 2. The number of methoxy groups -OCH3 is 1. The number of halogens is 1. The van der Waals surface area contributed by atoms with E-state index in [1.165, 1.54) is 0 Å². The van der Waals surface area contributed by atoms with Crippen LogP contribution in [0.3, 0.4) is 0 Å². The van der Waals surface area contributed by atoms with Gasteiger partial charge in [-0.2, -0.15) is 0 Å². The molecule has 1 heterocycles. The largest absolute Gasteiger partial charge is 0.495 e. The van der Waals surface area contributed by atoms with Crippen LogP contribution in [0.5, 0.6) is 5.75 Å². The Labute approximate surface area is 123 Å². The molecular weight excluding hydrogens is 274 g/mol. The summed E-state index contributed by atoms with van der Waals surface area (Å²) in [6.45, 7) is 1.93. The Morgan fingerprint density at radius 3 is 2.70 bits per heavy atom. The minimum Gasteiger partial charge on any atom is -0.495 e. The summed E-state index contributed by atoms with van der Waals surface area (Å²) in [7, 11) is 1.60. The van der Waals surface area contributed by atoms with Crippen LogP contribution in [0.25, 0.3) is 11.3 Å². The number of nitrogen functional groups attached to an aromatic ring is 1. The molecule has 0 aliphatic heterocycles. The fourth-order valence-corrected chi connectivity index (χ4v) is 2.36. The summed E-state index contributed by atoms with van der Waals surface area (Å²) in [5.41, 5.74) is 8.70. The van der Waals surface area contributed by atoms with E-state index in [0.29, 0.717) is 22.5 Å². The van der Waals surface area contributed by atoms with E-state index in [1.54, 1.807) is 7.11 Å². The molecule has 1 aliphatic carbocycles. The molecule has 1 aromatic heterocycles.